The number of nitrogens with zero attached hydrogens (tertiary/aromatic N) is 1. The Kier molecular flexibility index (Phi) is 5.98. The van der Waals surface area contributed by atoms with Crippen molar-refractivity contribution in [2.75, 3.05) is 5.75 Å². The molecule has 1 aliphatic rings. The first-order valence-corrected chi connectivity index (χ1v) is 10.6. The molecule has 0 aliphatic heterocycles. The minimum absolute atomic E-state index is 0.105. The van der Waals surface area contributed by atoms with Crippen molar-refractivity contribution in [1.29, 1.82) is 0 Å². The minimum atomic E-state index is -1.04. The number of nitrogens with one attached hydrogen (secondary N) is 2. The number of H-pyrrole nitrogens is 1. The topological polar surface area (TPSA) is 112 Å². The Bertz CT molecular complexity index is 890. The van der Waals surface area contributed by atoms with Crippen molar-refractivity contribution in [1.82, 2.24) is 15.3 Å². The Morgan fingerprint density at radius 1 is 1.38 bits per heavy atom. The number of aromatic nitrogens is 2. The summed E-state index contributed by atoms with van der Waals surface area (Å²) in [6, 6.07) is -0.866. The molecule has 0 saturated carbocycles. The molecule has 140 valence electrons. The first-order chi connectivity index (χ1) is 12.5. The second kappa shape index (κ2) is 8.22. The number of carbonyl (C=O) groups is 2. The molecule has 3 N–H and O–H groups in total. The van der Waals surface area contributed by atoms with Crippen LogP contribution in [-0.4, -0.2) is 38.7 Å². The van der Waals surface area contributed by atoms with Crippen molar-refractivity contribution in [3.63, 3.8) is 0 Å². The van der Waals surface area contributed by atoms with Crippen LogP contribution in [0.3, 0.4) is 0 Å². The summed E-state index contributed by atoms with van der Waals surface area (Å²) in [6.07, 6.45) is 4.56. The van der Waals surface area contributed by atoms with Crippen molar-refractivity contribution in [3.05, 3.63) is 26.6 Å². The van der Waals surface area contributed by atoms with E-state index in [-0.39, 0.29) is 17.2 Å². The highest BCUT2D eigenvalue weighted by molar-refractivity contribution is 7.99. The fraction of sp³-hybridized carbons (Fsp3) is 0.529. The van der Waals surface area contributed by atoms with Gasteiger partial charge in [0.2, 0.25) is 5.91 Å². The fourth-order valence-corrected chi connectivity index (χ4v) is 5.07. The van der Waals surface area contributed by atoms with Crippen molar-refractivity contribution in [2.24, 2.45) is 0 Å². The van der Waals surface area contributed by atoms with Crippen LogP contribution >= 0.6 is 23.1 Å². The number of aryl methyl sites for hydroxylation is 2. The molecule has 7 nitrogen and oxygen atoms in total. The summed E-state index contributed by atoms with van der Waals surface area (Å²) in [6.45, 7) is 1.71. The number of hydrogen-bond acceptors (Lipinski definition) is 6. The fourth-order valence-electron chi connectivity index (χ4n) is 3.09. The van der Waals surface area contributed by atoms with Gasteiger partial charge in [-0.05, 0) is 37.7 Å². The first-order valence-electron chi connectivity index (χ1n) is 8.63. The van der Waals surface area contributed by atoms with Crippen LogP contribution in [0.2, 0.25) is 0 Å². The van der Waals surface area contributed by atoms with Gasteiger partial charge >= 0.3 is 5.97 Å². The molecule has 1 aliphatic carbocycles. The third-order valence-electron chi connectivity index (χ3n) is 4.39. The number of amides is 1. The molecule has 3 rings (SSSR count). The molecule has 2 aromatic rings. The Morgan fingerprint density at radius 2 is 2.15 bits per heavy atom. The third-order valence-corrected chi connectivity index (χ3v) is 6.52. The molecule has 2 aromatic heterocycles. The van der Waals surface area contributed by atoms with E-state index >= 15 is 0 Å². The second-order valence-corrected chi connectivity index (χ2v) is 8.33. The number of carbonyl (C=O) groups excluding carboxylic acids is 1. The molecule has 1 atom stereocenters. The van der Waals surface area contributed by atoms with Gasteiger partial charge in [-0.2, -0.15) is 0 Å². The molecule has 0 spiro atoms. The van der Waals surface area contributed by atoms with E-state index in [2.05, 4.69) is 15.3 Å². The number of thiophene rings is 1. The molecule has 0 bridgehead atoms. The molecule has 1 amide bonds. The van der Waals surface area contributed by atoms with Gasteiger partial charge in [-0.3, -0.25) is 9.59 Å². The zero-order valence-electron chi connectivity index (χ0n) is 14.5. The number of carboxylic acids is 1. The number of fused-ring (bicyclic) bond motifs is 3. The smallest absolute Gasteiger partial charge is 0.326 e. The lowest BCUT2D eigenvalue weighted by Gasteiger charge is -2.11. The lowest BCUT2D eigenvalue weighted by atomic mass is 9.97. The van der Waals surface area contributed by atoms with Crippen LogP contribution in [0, 0.1) is 0 Å². The molecular formula is C17H21N3O4S2. The van der Waals surface area contributed by atoms with Gasteiger partial charge in [0.25, 0.3) is 5.56 Å². The van der Waals surface area contributed by atoms with Gasteiger partial charge in [0, 0.05) is 4.88 Å². The number of aromatic amines is 1. The lowest BCUT2D eigenvalue weighted by molar-refractivity contribution is -0.141. The maximum Gasteiger partial charge on any atom is 0.326 e. The van der Waals surface area contributed by atoms with Crippen LogP contribution in [0.25, 0.3) is 10.2 Å². The van der Waals surface area contributed by atoms with Gasteiger partial charge in [0.15, 0.2) is 0 Å². The van der Waals surface area contributed by atoms with E-state index in [1.54, 1.807) is 18.3 Å². The second-order valence-electron chi connectivity index (χ2n) is 6.26. The van der Waals surface area contributed by atoms with Crippen LogP contribution in [0.1, 0.15) is 42.5 Å². The molecular weight excluding hydrogens is 374 g/mol. The van der Waals surface area contributed by atoms with Crippen molar-refractivity contribution >= 4 is 45.2 Å². The average molecular weight is 396 g/mol. The van der Waals surface area contributed by atoms with E-state index < -0.39 is 12.0 Å². The van der Waals surface area contributed by atoms with Crippen LogP contribution < -0.4 is 10.9 Å². The van der Waals surface area contributed by atoms with Crippen LogP contribution in [0.15, 0.2) is 4.79 Å². The van der Waals surface area contributed by atoms with E-state index in [1.807, 2.05) is 0 Å². The van der Waals surface area contributed by atoms with E-state index in [9.17, 15) is 14.4 Å². The molecule has 0 aromatic carbocycles. The number of aliphatic carboxylic acids is 1. The maximum atomic E-state index is 12.4. The van der Waals surface area contributed by atoms with Gasteiger partial charge in [-0.15, -0.1) is 23.1 Å². The number of rotatable bonds is 7. The molecule has 9 heteroatoms. The monoisotopic (exact) mass is 395 g/mol. The third kappa shape index (κ3) is 4.09. The summed E-state index contributed by atoms with van der Waals surface area (Å²) < 4.78 is 0. The zero-order chi connectivity index (χ0) is 18.7. The quantitative estimate of drug-likeness (QED) is 0.662. The molecule has 0 saturated heterocycles. The summed E-state index contributed by atoms with van der Waals surface area (Å²) in [4.78, 5) is 44.6. The Hall–Kier alpha value is -1.87. The molecule has 2 heterocycles. The molecule has 0 fully saturated rings. The van der Waals surface area contributed by atoms with Crippen LogP contribution in [0.5, 0.6) is 0 Å². The van der Waals surface area contributed by atoms with E-state index in [0.717, 1.165) is 41.5 Å². The standard InChI is InChI=1S/C17H21N3O4S2/c1-2-10(17(23)24)18-13(21)8-25-7-12-19-15(22)14-9-5-3-4-6-11(9)26-16(14)20-12/h10H,2-8H2,1H3,(H,18,21)(H,23,24)(H,19,20,22). The number of thioether (sulfide) groups is 1. The van der Waals surface area contributed by atoms with Crippen molar-refractivity contribution < 1.29 is 14.7 Å². The summed E-state index contributed by atoms with van der Waals surface area (Å²) in [5.41, 5.74) is 1.05. The molecule has 26 heavy (non-hydrogen) atoms. The predicted molar refractivity (Wildman–Crippen MR) is 103 cm³/mol. The van der Waals surface area contributed by atoms with E-state index in [4.69, 9.17) is 5.11 Å². The average Bonchev–Trinajstić information content (AvgIpc) is 2.98. The normalized spacial score (nSPS) is 14.8. The minimum Gasteiger partial charge on any atom is -0.480 e. The largest absolute Gasteiger partial charge is 0.480 e. The van der Waals surface area contributed by atoms with E-state index in [0.29, 0.717) is 18.0 Å². The van der Waals surface area contributed by atoms with Gasteiger partial charge in [-0.1, -0.05) is 6.92 Å². The van der Waals surface area contributed by atoms with Gasteiger partial charge < -0.3 is 15.4 Å². The summed E-state index contributed by atoms with van der Waals surface area (Å²) in [7, 11) is 0. The van der Waals surface area contributed by atoms with Crippen molar-refractivity contribution in [3.8, 4) is 0 Å². The zero-order valence-corrected chi connectivity index (χ0v) is 16.1. The van der Waals surface area contributed by atoms with Gasteiger partial charge in [-0.25, -0.2) is 9.78 Å². The summed E-state index contributed by atoms with van der Waals surface area (Å²) in [5.74, 6) is -0.315. The highest BCUT2D eigenvalue weighted by Crippen LogP contribution is 2.33. The predicted octanol–water partition coefficient (Wildman–Crippen LogP) is 2.08. The number of carboxylic acid groups (broad SMARTS) is 1. The Balaban J connectivity index is 1.64. The SMILES string of the molecule is CCC(NC(=O)CSCc1nc2sc3c(c2c(=O)[nH]1)CCCC3)C(=O)O. The highest BCUT2D eigenvalue weighted by atomic mass is 32.2. The van der Waals surface area contributed by atoms with E-state index in [1.165, 1.54) is 16.6 Å². The number of hydrogen-bond donors (Lipinski definition) is 3. The first kappa shape index (κ1) is 18.9. The van der Waals surface area contributed by atoms with Crippen molar-refractivity contribution in [2.45, 2.75) is 50.8 Å². The van der Waals surface area contributed by atoms with Gasteiger partial charge in [0.1, 0.15) is 16.7 Å². The maximum absolute atomic E-state index is 12.4. The molecule has 1 unspecified atom stereocenters. The highest BCUT2D eigenvalue weighted by Gasteiger charge is 2.20. The Labute approximate surface area is 158 Å². The summed E-state index contributed by atoms with van der Waals surface area (Å²) in [5, 5.41) is 12.2. The van der Waals surface area contributed by atoms with Gasteiger partial charge in [0.05, 0.1) is 16.9 Å². The summed E-state index contributed by atoms with van der Waals surface area (Å²) >= 11 is 2.90. The lowest BCUT2D eigenvalue weighted by Crippen LogP contribution is -2.41. The molecule has 0 radical (unpaired) electrons. The Morgan fingerprint density at radius 3 is 2.88 bits per heavy atom. The van der Waals surface area contributed by atoms with Crippen LogP contribution in [0.4, 0.5) is 0 Å². The van der Waals surface area contributed by atoms with Crippen LogP contribution in [-0.2, 0) is 28.2 Å².